The van der Waals surface area contributed by atoms with Crippen molar-refractivity contribution in [1.82, 2.24) is 5.32 Å². The lowest BCUT2D eigenvalue weighted by atomic mass is 10.1. The lowest BCUT2D eigenvalue weighted by molar-refractivity contribution is 0.0962. The van der Waals surface area contributed by atoms with E-state index in [0.29, 0.717) is 21.8 Å². The third-order valence-electron chi connectivity index (χ3n) is 2.74. The lowest BCUT2D eigenvalue weighted by Crippen LogP contribution is -2.17. The average molecular weight is 289 g/mol. The van der Waals surface area contributed by atoms with E-state index in [0.717, 1.165) is 0 Å². The minimum absolute atomic E-state index is 0.166. The van der Waals surface area contributed by atoms with Crippen molar-refractivity contribution in [3.8, 4) is 0 Å². The number of benzene rings is 2. The van der Waals surface area contributed by atoms with Gasteiger partial charge in [-0.15, -0.1) is 0 Å². The monoisotopic (exact) mass is 288 g/mol. The Labute approximate surface area is 121 Å². The maximum atomic E-state index is 12.0. The number of carbonyl (C=O) groups excluding carboxylic acids is 2. The van der Waals surface area contributed by atoms with Gasteiger partial charge in [0, 0.05) is 28.9 Å². The number of hydrogen-bond donors (Lipinski definition) is 2. The Morgan fingerprint density at radius 1 is 0.850 bits per heavy atom. The van der Waals surface area contributed by atoms with Gasteiger partial charge >= 0.3 is 0 Å². The number of carbonyl (C=O) groups is 2. The summed E-state index contributed by atoms with van der Waals surface area (Å²) in [6, 6.07) is 13.3. The molecule has 2 aromatic rings. The van der Waals surface area contributed by atoms with Gasteiger partial charge in [0.05, 0.1) is 0 Å². The van der Waals surface area contributed by atoms with E-state index in [9.17, 15) is 9.59 Å². The number of hydrogen-bond acceptors (Lipinski definition) is 2. The van der Waals surface area contributed by atoms with Crippen LogP contribution in [0.25, 0.3) is 0 Å². The summed E-state index contributed by atoms with van der Waals surface area (Å²) in [7, 11) is 1.57. The van der Waals surface area contributed by atoms with Crippen LogP contribution >= 0.6 is 11.6 Å². The van der Waals surface area contributed by atoms with Crippen LogP contribution in [-0.2, 0) is 0 Å². The summed E-state index contributed by atoms with van der Waals surface area (Å²) in [6.45, 7) is 0. The second-order valence-electron chi connectivity index (χ2n) is 4.12. The first kappa shape index (κ1) is 14.1. The van der Waals surface area contributed by atoms with Gasteiger partial charge in [0.15, 0.2) is 0 Å². The fraction of sp³-hybridized carbons (Fsp3) is 0.0667. The average Bonchev–Trinajstić information content (AvgIpc) is 2.48. The number of anilines is 1. The first-order valence-corrected chi connectivity index (χ1v) is 6.37. The molecule has 0 unspecified atom stereocenters. The summed E-state index contributed by atoms with van der Waals surface area (Å²) in [5, 5.41) is 5.86. The summed E-state index contributed by atoms with van der Waals surface area (Å²) >= 11 is 5.77. The largest absolute Gasteiger partial charge is 0.355 e. The molecule has 0 heterocycles. The van der Waals surface area contributed by atoms with Crippen molar-refractivity contribution in [3.63, 3.8) is 0 Å². The van der Waals surface area contributed by atoms with Gasteiger partial charge in [-0.2, -0.15) is 0 Å². The highest BCUT2D eigenvalue weighted by molar-refractivity contribution is 6.30. The molecule has 0 aliphatic heterocycles. The number of halogens is 1. The molecule has 0 saturated heterocycles. The molecule has 2 amide bonds. The first-order chi connectivity index (χ1) is 9.60. The SMILES string of the molecule is CNC(=O)c1ccc(NC(=O)c2ccc(Cl)cc2)cc1. The third kappa shape index (κ3) is 3.36. The van der Waals surface area contributed by atoms with Gasteiger partial charge in [0.2, 0.25) is 0 Å². The van der Waals surface area contributed by atoms with Crippen molar-refractivity contribution in [2.24, 2.45) is 0 Å². The molecule has 0 fully saturated rings. The Bertz CT molecular complexity index is 621. The third-order valence-corrected chi connectivity index (χ3v) is 2.99. The minimum Gasteiger partial charge on any atom is -0.355 e. The summed E-state index contributed by atoms with van der Waals surface area (Å²) in [5.41, 5.74) is 1.68. The van der Waals surface area contributed by atoms with E-state index >= 15 is 0 Å². The van der Waals surface area contributed by atoms with Crippen molar-refractivity contribution < 1.29 is 9.59 Å². The van der Waals surface area contributed by atoms with Crippen LogP contribution in [-0.4, -0.2) is 18.9 Å². The topological polar surface area (TPSA) is 58.2 Å². The predicted molar refractivity (Wildman–Crippen MR) is 79.2 cm³/mol. The van der Waals surface area contributed by atoms with Gasteiger partial charge in [-0.3, -0.25) is 9.59 Å². The highest BCUT2D eigenvalue weighted by Gasteiger charge is 2.07. The molecule has 102 valence electrons. The van der Waals surface area contributed by atoms with Crippen molar-refractivity contribution in [2.45, 2.75) is 0 Å². The Hall–Kier alpha value is -2.33. The molecule has 0 saturated carbocycles. The maximum Gasteiger partial charge on any atom is 0.255 e. The van der Waals surface area contributed by atoms with Crippen LogP contribution in [0.5, 0.6) is 0 Å². The number of amides is 2. The minimum atomic E-state index is -0.227. The summed E-state index contributed by atoms with van der Waals surface area (Å²) in [6.07, 6.45) is 0. The highest BCUT2D eigenvalue weighted by atomic mass is 35.5. The predicted octanol–water partition coefficient (Wildman–Crippen LogP) is 2.95. The van der Waals surface area contributed by atoms with Gasteiger partial charge in [-0.1, -0.05) is 11.6 Å². The summed E-state index contributed by atoms with van der Waals surface area (Å²) < 4.78 is 0. The highest BCUT2D eigenvalue weighted by Crippen LogP contribution is 2.13. The fourth-order valence-corrected chi connectivity index (χ4v) is 1.78. The molecule has 2 rings (SSSR count). The van der Waals surface area contributed by atoms with Crippen LogP contribution in [0.3, 0.4) is 0 Å². The van der Waals surface area contributed by atoms with Crippen LogP contribution in [0.1, 0.15) is 20.7 Å². The van der Waals surface area contributed by atoms with Crippen molar-refractivity contribution in [2.75, 3.05) is 12.4 Å². The maximum absolute atomic E-state index is 12.0. The lowest BCUT2D eigenvalue weighted by Gasteiger charge is -2.06. The fourth-order valence-electron chi connectivity index (χ4n) is 1.65. The molecule has 20 heavy (non-hydrogen) atoms. The van der Waals surface area contributed by atoms with Crippen LogP contribution in [0.4, 0.5) is 5.69 Å². The zero-order valence-corrected chi connectivity index (χ0v) is 11.6. The van der Waals surface area contributed by atoms with Gasteiger partial charge in [-0.05, 0) is 48.5 Å². The Morgan fingerprint density at radius 2 is 1.35 bits per heavy atom. The molecule has 0 spiro atoms. The smallest absolute Gasteiger partial charge is 0.255 e. The Morgan fingerprint density at radius 3 is 1.90 bits per heavy atom. The zero-order chi connectivity index (χ0) is 14.5. The first-order valence-electron chi connectivity index (χ1n) is 5.99. The van der Waals surface area contributed by atoms with E-state index in [2.05, 4.69) is 10.6 Å². The van der Waals surface area contributed by atoms with Crippen LogP contribution in [0.2, 0.25) is 5.02 Å². The molecule has 4 nitrogen and oxygen atoms in total. The molecule has 2 N–H and O–H groups in total. The van der Waals surface area contributed by atoms with Crippen LogP contribution in [0, 0.1) is 0 Å². The van der Waals surface area contributed by atoms with E-state index in [1.165, 1.54) is 0 Å². The quantitative estimate of drug-likeness (QED) is 0.912. The molecule has 0 aliphatic carbocycles. The van der Waals surface area contributed by atoms with E-state index in [1.54, 1.807) is 55.6 Å². The molecule has 2 aromatic carbocycles. The second kappa shape index (κ2) is 6.21. The van der Waals surface area contributed by atoms with Gasteiger partial charge in [0.25, 0.3) is 11.8 Å². The molecule has 0 aromatic heterocycles. The zero-order valence-electron chi connectivity index (χ0n) is 10.8. The summed E-state index contributed by atoms with van der Waals surface area (Å²) in [4.78, 5) is 23.4. The molecule has 0 bridgehead atoms. The van der Waals surface area contributed by atoms with E-state index < -0.39 is 0 Å². The molecule has 0 atom stereocenters. The van der Waals surface area contributed by atoms with Crippen molar-refractivity contribution in [1.29, 1.82) is 0 Å². The Kier molecular flexibility index (Phi) is 4.38. The van der Waals surface area contributed by atoms with Crippen molar-refractivity contribution >= 4 is 29.1 Å². The standard InChI is InChI=1S/C15H13ClN2O2/c1-17-14(19)10-4-8-13(9-5-10)18-15(20)11-2-6-12(16)7-3-11/h2-9H,1H3,(H,17,19)(H,18,20). The van der Waals surface area contributed by atoms with Gasteiger partial charge < -0.3 is 10.6 Å². The van der Waals surface area contributed by atoms with Crippen LogP contribution < -0.4 is 10.6 Å². The molecular weight excluding hydrogens is 276 g/mol. The molecular formula is C15H13ClN2O2. The van der Waals surface area contributed by atoms with Gasteiger partial charge in [-0.25, -0.2) is 0 Å². The second-order valence-corrected chi connectivity index (χ2v) is 4.55. The molecule has 0 aliphatic rings. The van der Waals surface area contributed by atoms with E-state index in [4.69, 9.17) is 11.6 Å². The number of nitrogens with one attached hydrogen (secondary N) is 2. The Balaban J connectivity index is 2.08. The normalized spacial score (nSPS) is 9.90. The van der Waals surface area contributed by atoms with E-state index in [-0.39, 0.29) is 11.8 Å². The summed E-state index contributed by atoms with van der Waals surface area (Å²) in [5.74, 6) is -0.394. The molecule has 5 heteroatoms. The number of rotatable bonds is 3. The van der Waals surface area contributed by atoms with Crippen molar-refractivity contribution in [3.05, 3.63) is 64.7 Å². The van der Waals surface area contributed by atoms with Gasteiger partial charge in [0.1, 0.15) is 0 Å². The van der Waals surface area contributed by atoms with Crippen LogP contribution in [0.15, 0.2) is 48.5 Å². The van der Waals surface area contributed by atoms with E-state index in [1.807, 2.05) is 0 Å². The molecule has 0 radical (unpaired) electrons.